The number of anilines is 1. The molecule has 0 bridgehead atoms. The van der Waals surface area contributed by atoms with Gasteiger partial charge in [0.05, 0.1) is 5.56 Å². The summed E-state index contributed by atoms with van der Waals surface area (Å²) in [4.78, 5) is 6.89. The molecule has 5 nitrogen and oxygen atoms in total. The van der Waals surface area contributed by atoms with E-state index in [0.29, 0.717) is 12.0 Å². The van der Waals surface area contributed by atoms with Crippen LogP contribution >= 0.6 is 0 Å². The van der Waals surface area contributed by atoms with Gasteiger partial charge in [0.2, 0.25) is 0 Å². The number of aromatic nitrogens is 1. The van der Waals surface area contributed by atoms with E-state index in [9.17, 15) is 0 Å². The van der Waals surface area contributed by atoms with Crippen LogP contribution < -0.4 is 10.6 Å². The highest BCUT2D eigenvalue weighted by Crippen LogP contribution is 2.29. The van der Waals surface area contributed by atoms with E-state index in [1.54, 1.807) is 6.20 Å². The van der Waals surface area contributed by atoms with E-state index < -0.39 is 0 Å². The van der Waals surface area contributed by atoms with Crippen LogP contribution in [0.3, 0.4) is 0 Å². The van der Waals surface area contributed by atoms with Crippen molar-refractivity contribution < 1.29 is 5.21 Å². The van der Waals surface area contributed by atoms with Gasteiger partial charge in [-0.15, -0.1) is 0 Å². The largest absolute Gasteiger partial charge is 0.409 e. The zero-order chi connectivity index (χ0) is 15.2. The number of pyridine rings is 1. The van der Waals surface area contributed by atoms with E-state index in [1.165, 1.54) is 25.7 Å². The van der Waals surface area contributed by atoms with E-state index in [2.05, 4.69) is 28.9 Å². The first-order valence-corrected chi connectivity index (χ1v) is 7.83. The molecule has 1 aliphatic rings. The maximum atomic E-state index is 8.99. The van der Waals surface area contributed by atoms with Gasteiger partial charge in [-0.25, -0.2) is 4.98 Å². The Bertz CT molecular complexity index is 481. The van der Waals surface area contributed by atoms with Crippen LogP contribution in [0.1, 0.15) is 51.5 Å². The van der Waals surface area contributed by atoms with Crippen LogP contribution in [0.15, 0.2) is 23.5 Å². The molecule has 1 aliphatic carbocycles. The molecule has 0 radical (unpaired) electrons. The molecule has 21 heavy (non-hydrogen) atoms. The Kier molecular flexibility index (Phi) is 5.42. The van der Waals surface area contributed by atoms with Crippen LogP contribution in [-0.2, 0) is 0 Å². The van der Waals surface area contributed by atoms with E-state index in [-0.39, 0.29) is 5.84 Å². The predicted octanol–water partition coefficient (Wildman–Crippen LogP) is 2.97. The summed E-state index contributed by atoms with van der Waals surface area (Å²) < 4.78 is 0. The van der Waals surface area contributed by atoms with Gasteiger partial charge in [0, 0.05) is 18.8 Å². The van der Waals surface area contributed by atoms with Crippen molar-refractivity contribution in [2.24, 2.45) is 16.8 Å². The standard InChI is InChI=1S/C16H26N4O/c1-12(2)9-11-20(13-6-3-4-7-13)16-14(15(17)19-21)8-5-10-18-16/h5,8,10,12-13,21H,3-4,6-7,9,11H2,1-2H3,(H2,17,19). The summed E-state index contributed by atoms with van der Waals surface area (Å²) in [5.74, 6) is 1.62. The van der Waals surface area contributed by atoms with Crippen LogP contribution in [0, 0.1) is 5.92 Å². The molecular formula is C16H26N4O. The average Bonchev–Trinajstić information content (AvgIpc) is 3.01. The summed E-state index contributed by atoms with van der Waals surface area (Å²) in [6, 6.07) is 4.21. The summed E-state index contributed by atoms with van der Waals surface area (Å²) in [6.45, 7) is 5.43. The number of amidine groups is 1. The van der Waals surface area contributed by atoms with Crippen LogP contribution in [-0.4, -0.2) is 28.6 Å². The molecule has 0 amide bonds. The molecule has 1 saturated carbocycles. The summed E-state index contributed by atoms with van der Waals surface area (Å²) in [6.07, 6.45) is 7.83. The average molecular weight is 290 g/mol. The van der Waals surface area contributed by atoms with Crippen molar-refractivity contribution in [1.82, 2.24) is 4.98 Å². The van der Waals surface area contributed by atoms with Crippen molar-refractivity contribution in [1.29, 1.82) is 0 Å². The number of hydrogen-bond donors (Lipinski definition) is 2. The predicted molar refractivity (Wildman–Crippen MR) is 85.8 cm³/mol. The highest BCUT2D eigenvalue weighted by molar-refractivity contribution is 6.01. The maximum Gasteiger partial charge on any atom is 0.173 e. The smallest absolute Gasteiger partial charge is 0.173 e. The van der Waals surface area contributed by atoms with Crippen molar-refractivity contribution in [3.63, 3.8) is 0 Å². The molecule has 1 heterocycles. The molecule has 1 aromatic rings. The molecule has 116 valence electrons. The van der Waals surface area contributed by atoms with Crippen molar-refractivity contribution in [3.8, 4) is 0 Å². The van der Waals surface area contributed by atoms with Gasteiger partial charge in [0.15, 0.2) is 5.84 Å². The molecule has 1 aromatic heterocycles. The Labute approximate surface area is 126 Å². The molecule has 1 fully saturated rings. The molecule has 2 rings (SSSR count). The first kappa shape index (κ1) is 15.6. The Morgan fingerprint density at radius 1 is 1.48 bits per heavy atom. The van der Waals surface area contributed by atoms with Crippen molar-refractivity contribution in [2.45, 2.75) is 52.0 Å². The summed E-state index contributed by atoms with van der Waals surface area (Å²) in [7, 11) is 0. The monoisotopic (exact) mass is 290 g/mol. The quantitative estimate of drug-likeness (QED) is 0.365. The van der Waals surface area contributed by atoms with Gasteiger partial charge >= 0.3 is 0 Å². The third-order valence-electron chi connectivity index (χ3n) is 4.16. The minimum absolute atomic E-state index is 0.130. The second-order valence-corrected chi connectivity index (χ2v) is 6.17. The lowest BCUT2D eigenvalue weighted by molar-refractivity contribution is 0.318. The molecule has 0 unspecified atom stereocenters. The van der Waals surface area contributed by atoms with Crippen molar-refractivity contribution >= 4 is 11.7 Å². The van der Waals surface area contributed by atoms with E-state index in [4.69, 9.17) is 10.9 Å². The van der Waals surface area contributed by atoms with Crippen LogP contribution in [0.2, 0.25) is 0 Å². The fourth-order valence-corrected chi connectivity index (χ4v) is 2.95. The van der Waals surface area contributed by atoms with Gasteiger partial charge in [-0.2, -0.15) is 0 Å². The van der Waals surface area contributed by atoms with Gasteiger partial charge in [-0.05, 0) is 37.3 Å². The number of oxime groups is 1. The topological polar surface area (TPSA) is 74.7 Å². The summed E-state index contributed by atoms with van der Waals surface area (Å²) >= 11 is 0. The minimum Gasteiger partial charge on any atom is -0.409 e. The Morgan fingerprint density at radius 2 is 2.19 bits per heavy atom. The fraction of sp³-hybridized carbons (Fsp3) is 0.625. The van der Waals surface area contributed by atoms with Crippen LogP contribution in [0.4, 0.5) is 5.82 Å². The zero-order valence-electron chi connectivity index (χ0n) is 13.0. The molecule has 0 atom stereocenters. The molecular weight excluding hydrogens is 264 g/mol. The van der Waals surface area contributed by atoms with Gasteiger partial charge in [-0.3, -0.25) is 0 Å². The molecule has 0 aliphatic heterocycles. The lowest BCUT2D eigenvalue weighted by Crippen LogP contribution is -2.37. The van der Waals surface area contributed by atoms with Gasteiger partial charge < -0.3 is 15.8 Å². The number of rotatable bonds is 6. The summed E-state index contributed by atoms with van der Waals surface area (Å²) in [5.41, 5.74) is 6.54. The van der Waals surface area contributed by atoms with Crippen LogP contribution in [0.25, 0.3) is 0 Å². The third-order valence-corrected chi connectivity index (χ3v) is 4.16. The van der Waals surface area contributed by atoms with Gasteiger partial charge in [0.25, 0.3) is 0 Å². The normalized spacial score (nSPS) is 16.6. The zero-order valence-corrected chi connectivity index (χ0v) is 13.0. The highest BCUT2D eigenvalue weighted by atomic mass is 16.4. The first-order chi connectivity index (χ1) is 10.1. The SMILES string of the molecule is CC(C)CCN(c1ncccc1/C(N)=N/O)C1CCCC1. The van der Waals surface area contributed by atoms with E-state index >= 15 is 0 Å². The molecule has 3 N–H and O–H groups in total. The van der Waals surface area contributed by atoms with Gasteiger partial charge in [0.1, 0.15) is 5.82 Å². The van der Waals surface area contributed by atoms with Crippen molar-refractivity contribution in [3.05, 3.63) is 23.9 Å². The number of nitrogens with zero attached hydrogens (tertiary/aromatic N) is 3. The van der Waals surface area contributed by atoms with E-state index in [0.717, 1.165) is 24.3 Å². The molecule has 0 saturated heterocycles. The Balaban J connectivity index is 2.31. The van der Waals surface area contributed by atoms with Crippen LogP contribution in [0.5, 0.6) is 0 Å². The second-order valence-electron chi connectivity index (χ2n) is 6.17. The molecule has 0 aromatic carbocycles. The maximum absolute atomic E-state index is 8.99. The lowest BCUT2D eigenvalue weighted by Gasteiger charge is -2.32. The molecule has 5 heteroatoms. The third kappa shape index (κ3) is 3.86. The Morgan fingerprint density at radius 3 is 2.81 bits per heavy atom. The first-order valence-electron chi connectivity index (χ1n) is 7.83. The van der Waals surface area contributed by atoms with Crippen molar-refractivity contribution in [2.75, 3.05) is 11.4 Å². The van der Waals surface area contributed by atoms with Gasteiger partial charge in [-0.1, -0.05) is 31.8 Å². The highest BCUT2D eigenvalue weighted by Gasteiger charge is 2.26. The molecule has 0 spiro atoms. The minimum atomic E-state index is 0.130. The fourth-order valence-electron chi connectivity index (χ4n) is 2.95. The lowest BCUT2D eigenvalue weighted by atomic mass is 10.1. The number of hydrogen-bond acceptors (Lipinski definition) is 4. The second kappa shape index (κ2) is 7.29. The Hall–Kier alpha value is -1.78. The summed E-state index contributed by atoms with van der Waals surface area (Å²) in [5, 5.41) is 12.1. The number of nitrogens with two attached hydrogens (primary N) is 1. The van der Waals surface area contributed by atoms with E-state index in [1.807, 2.05) is 12.1 Å².